The summed E-state index contributed by atoms with van der Waals surface area (Å²) < 4.78 is 135. The molecule has 0 fully saturated rings. The molecule has 3 rings (SSSR count). The van der Waals surface area contributed by atoms with Gasteiger partial charge in [-0.3, -0.25) is 9.59 Å². The van der Waals surface area contributed by atoms with Crippen molar-refractivity contribution in [2.75, 3.05) is 12.4 Å². The van der Waals surface area contributed by atoms with Crippen LogP contribution >= 0.6 is 31.9 Å². The number of alkyl halides is 9. The van der Waals surface area contributed by atoms with Crippen molar-refractivity contribution in [3.8, 4) is 11.1 Å². The predicted octanol–water partition coefficient (Wildman–Crippen LogP) is 8.55. The van der Waals surface area contributed by atoms with E-state index in [9.17, 15) is 53.5 Å². The first kappa shape index (κ1) is 32.4. The summed E-state index contributed by atoms with van der Waals surface area (Å²) in [6.07, 6.45) is -13.6. The van der Waals surface area contributed by atoms with E-state index in [1.807, 2.05) is 0 Å². The molecule has 0 aliphatic heterocycles. The van der Waals surface area contributed by atoms with E-state index >= 15 is 0 Å². The fourth-order valence-corrected chi connectivity index (χ4v) is 5.07. The van der Waals surface area contributed by atoms with Gasteiger partial charge in [0.1, 0.15) is 5.82 Å². The van der Waals surface area contributed by atoms with Crippen molar-refractivity contribution in [1.82, 2.24) is 5.32 Å². The van der Waals surface area contributed by atoms with Crippen LogP contribution in [0.4, 0.5) is 49.6 Å². The van der Waals surface area contributed by atoms with Gasteiger partial charge in [-0.15, -0.1) is 0 Å². The number of nitrogens with one attached hydrogen (secondary N) is 2. The van der Waals surface area contributed by atoms with Crippen molar-refractivity contribution in [1.29, 1.82) is 0 Å². The van der Waals surface area contributed by atoms with Gasteiger partial charge in [-0.05, 0) is 67.8 Å². The van der Waals surface area contributed by atoms with E-state index in [-0.39, 0.29) is 34.4 Å². The van der Waals surface area contributed by atoms with Crippen LogP contribution in [-0.2, 0) is 5.67 Å². The molecule has 1 atom stereocenters. The molecule has 220 valence electrons. The lowest BCUT2D eigenvalue weighted by Crippen LogP contribution is -2.59. The highest BCUT2D eigenvalue weighted by Gasteiger charge is 2.81. The second-order valence-corrected chi connectivity index (χ2v) is 10.0. The van der Waals surface area contributed by atoms with Crippen molar-refractivity contribution >= 4 is 49.4 Å². The number of halogens is 12. The number of hydrogen-bond acceptors (Lipinski definition) is 2. The van der Waals surface area contributed by atoms with Gasteiger partial charge in [-0.1, -0.05) is 24.3 Å². The van der Waals surface area contributed by atoms with E-state index in [1.54, 1.807) is 0 Å². The van der Waals surface area contributed by atoms with Crippen molar-refractivity contribution in [2.45, 2.75) is 23.9 Å². The lowest BCUT2D eigenvalue weighted by Gasteiger charge is -2.36. The summed E-state index contributed by atoms with van der Waals surface area (Å²) in [6.45, 7) is 0. The maximum absolute atomic E-state index is 14.9. The van der Waals surface area contributed by atoms with Crippen LogP contribution in [0.15, 0.2) is 63.5 Å². The lowest BCUT2D eigenvalue weighted by molar-refractivity contribution is -0.389. The minimum Gasteiger partial charge on any atom is -0.355 e. The van der Waals surface area contributed by atoms with Gasteiger partial charge in [-0.25, -0.2) is 8.78 Å². The summed E-state index contributed by atoms with van der Waals surface area (Å²) in [5, 5.41) is 4.48. The third-order valence-corrected chi connectivity index (χ3v) is 7.01. The van der Waals surface area contributed by atoms with Gasteiger partial charge in [0.15, 0.2) is 0 Å². The summed E-state index contributed by atoms with van der Waals surface area (Å²) in [4.78, 5) is 24.8. The molecular weight excluding hydrogens is 710 g/mol. The molecule has 3 aromatic carbocycles. The molecule has 0 aromatic heterocycles. The number of carbonyl (C=O) groups excluding carboxylic acids is 2. The standard InChI is InChI=1S/C25H14Br2F10N2O2/c1-38-21(41)15-7-3-6-14(18(15)28)11-4-2-5-12(8-11)20(40)39-19-16(26)9-13(10-17(19)27)22(29,24(32,33)34)23(30,31)25(35,36)37/h2-10H,1H3,(H,38,41)(H,39,40). The first-order chi connectivity index (χ1) is 18.8. The Labute approximate surface area is 241 Å². The van der Waals surface area contributed by atoms with Crippen molar-refractivity contribution < 1.29 is 53.5 Å². The summed E-state index contributed by atoms with van der Waals surface area (Å²) in [6, 6.07) is 9.18. The first-order valence-electron chi connectivity index (χ1n) is 10.9. The van der Waals surface area contributed by atoms with Crippen molar-refractivity contribution in [3.05, 3.63) is 86.1 Å². The molecule has 0 radical (unpaired) electrons. The second kappa shape index (κ2) is 11.3. The highest BCUT2D eigenvalue weighted by molar-refractivity contribution is 9.11. The maximum Gasteiger partial charge on any atom is 0.457 e. The van der Waals surface area contributed by atoms with Gasteiger partial charge < -0.3 is 10.6 Å². The number of hydrogen-bond donors (Lipinski definition) is 2. The van der Waals surface area contributed by atoms with Gasteiger partial charge in [-0.2, -0.15) is 35.1 Å². The molecule has 0 heterocycles. The van der Waals surface area contributed by atoms with E-state index in [4.69, 9.17) is 0 Å². The fraction of sp³-hybridized carbons (Fsp3) is 0.200. The molecule has 0 spiro atoms. The summed E-state index contributed by atoms with van der Waals surface area (Å²) in [5.41, 5.74) is -9.11. The zero-order valence-electron chi connectivity index (χ0n) is 20.0. The molecule has 0 bridgehead atoms. The lowest BCUT2D eigenvalue weighted by atomic mass is 9.87. The molecule has 0 aliphatic carbocycles. The average molecular weight is 724 g/mol. The van der Waals surface area contributed by atoms with Crippen LogP contribution in [0.1, 0.15) is 26.3 Å². The zero-order valence-corrected chi connectivity index (χ0v) is 23.2. The second-order valence-electron chi connectivity index (χ2n) is 8.32. The van der Waals surface area contributed by atoms with E-state index in [2.05, 4.69) is 42.5 Å². The summed E-state index contributed by atoms with van der Waals surface area (Å²) >= 11 is 5.34. The molecule has 3 aromatic rings. The topological polar surface area (TPSA) is 58.2 Å². The number of anilines is 1. The molecule has 2 amide bonds. The normalized spacial score (nSPS) is 13.9. The molecular formula is C25H14Br2F10N2O2. The molecule has 1 unspecified atom stereocenters. The van der Waals surface area contributed by atoms with E-state index in [1.165, 1.54) is 49.5 Å². The third-order valence-electron chi connectivity index (χ3n) is 5.76. The van der Waals surface area contributed by atoms with E-state index in [0.717, 1.165) is 0 Å². The van der Waals surface area contributed by atoms with Crippen molar-refractivity contribution in [3.63, 3.8) is 0 Å². The minimum absolute atomic E-state index is 0.0313. The highest BCUT2D eigenvalue weighted by atomic mass is 79.9. The highest BCUT2D eigenvalue weighted by Crippen LogP contribution is 2.59. The fourth-order valence-electron chi connectivity index (χ4n) is 3.69. The van der Waals surface area contributed by atoms with Gasteiger partial charge >= 0.3 is 23.9 Å². The number of carbonyl (C=O) groups is 2. The SMILES string of the molecule is CNC(=O)c1cccc(-c2cccc(C(=O)Nc3c(Br)cc(C(F)(C(F)(F)F)C(F)(F)C(F)(F)F)cc3Br)c2)c1F. The van der Waals surface area contributed by atoms with Crippen LogP contribution in [0.3, 0.4) is 0 Å². The van der Waals surface area contributed by atoms with Gasteiger partial charge in [0.2, 0.25) is 0 Å². The van der Waals surface area contributed by atoms with Crippen LogP contribution in [0, 0.1) is 5.82 Å². The molecule has 16 heteroatoms. The molecule has 41 heavy (non-hydrogen) atoms. The Kier molecular flexibility index (Phi) is 8.90. The van der Waals surface area contributed by atoms with Crippen LogP contribution in [0.2, 0.25) is 0 Å². The number of amides is 2. The summed E-state index contributed by atoms with van der Waals surface area (Å²) in [5.74, 6) is -9.48. The van der Waals surface area contributed by atoms with Gasteiger partial charge in [0, 0.05) is 32.7 Å². The van der Waals surface area contributed by atoms with E-state index in [0.29, 0.717) is 0 Å². The predicted molar refractivity (Wildman–Crippen MR) is 135 cm³/mol. The van der Waals surface area contributed by atoms with Crippen molar-refractivity contribution in [2.24, 2.45) is 0 Å². The molecule has 0 aliphatic rings. The maximum atomic E-state index is 14.9. The Morgan fingerprint density at radius 1 is 0.756 bits per heavy atom. The van der Waals surface area contributed by atoms with Crippen LogP contribution in [0.25, 0.3) is 11.1 Å². The van der Waals surface area contributed by atoms with Gasteiger partial charge in [0.25, 0.3) is 11.8 Å². The Morgan fingerprint density at radius 2 is 1.32 bits per heavy atom. The monoisotopic (exact) mass is 722 g/mol. The number of benzene rings is 3. The zero-order chi connectivity index (χ0) is 31.1. The largest absolute Gasteiger partial charge is 0.457 e. The van der Waals surface area contributed by atoms with E-state index < -0.39 is 61.8 Å². The van der Waals surface area contributed by atoms with Gasteiger partial charge in [0.05, 0.1) is 11.3 Å². The molecule has 2 N–H and O–H groups in total. The Morgan fingerprint density at radius 3 is 1.83 bits per heavy atom. The average Bonchev–Trinajstić information content (AvgIpc) is 2.88. The molecule has 0 saturated carbocycles. The Hall–Kier alpha value is -3.14. The minimum atomic E-state index is -6.91. The Balaban J connectivity index is 2.02. The van der Waals surface area contributed by atoms with Crippen LogP contribution in [0.5, 0.6) is 0 Å². The summed E-state index contributed by atoms with van der Waals surface area (Å²) in [7, 11) is 1.29. The van der Waals surface area contributed by atoms with Crippen LogP contribution in [-0.4, -0.2) is 37.1 Å². The third kappa shape index (κ3) is 5.80. The molecule has 0 saturated heterocycles. The molecule has 4 nitrogen and oxygen atoms in total. The quantitative estimate of drug-likeness (QED) is 0.251. The Bertz CT molecular complexity index is 1490. The van der Waals surface area contributed by atoms with Crippen LogP contribution < -0.4 is 10.6 Å². The number of rotatable bonds is 6. The smallest absolute Gasteiger partial charge is 0.355 e. The first-order valence-corrected chi connectivity index (χ1v) is 12.5.